The fourth-order valence-electron chi connectivity index (χ4n) is 7.10. The van der Waals surface area contributed by atoms with Gasteiger partial charge in [0.15, 0.2) is 0 Å². The average molecular weight is 319 g/mol. The van der Waals surface area contributed by atoms with Crippen molar-refractivity contribution in [2.45, 2.75) is 72.1 Å². The van der Waals surface area contributed by atoms with Crippen molar-refractivity contribution in [3.63, 3.8) is 0 Å². The van der Waals surface area contributed by atoms with Crippen LogP contribution in [0.4, 0.5) is 0 Å². The molecule has 1 heteroatoms. The minimum Gasteiger partial charge on any atom is -0.0885 e. The van der Waals surface area contributed by atoms with E-state index in [2.05, 4.69) is 32.9 Å². The van der Waals surface area contributed by atoms with Crippen LogP contribution in [0, 0.1) is 34.5 Å². The van der Waals surface area contributed by atoms with E-state index < -0.39 is 0 Å². The van der Waals surface area contributed by atoms with Gasteiger partial charge < -0.3 is 0 Å². The fraction of sp³-hybridized carbons (Fsp3) is 0.810. The Morgan fingerprint density at radius 1 is 1.14 bits per heavy atom. The van der Waals surface area contributed by atoms with E-state index in [0.29, 0.717) is 5.41 Å². The van der Waals surface area contributed by atoms with Crippen molar-refractivity contribution in [1.29, 1.82) is 0 Å². The van der Waals surface area contributed by atoms with Crippen LogP contribution in [-0.2, 0) is 0 Å². The van der Waals surface area contributed by atoms with Crippen molar-refractivity contribution < 1.29 is 0 Å². The van der Waals surface area contributed by atoms with Gasteiger partial charge in [-0.25, -0.2) is 0 Å². The second-order valence-corrected chi connectivity index (χ2v) is 9.27. The van der Waals surface area contributed by atoms with Gasteiger partial charge in [0.1, 0.15) is 0 Å². The standard InChI is InChI=1S/C21H31Cl/c1-4-14-9-11-17-16-10-8-15-6-5-7-19(22)21(15,3)18(16)12-13-20(14,17)2/h7-8,14,16-18H,4-6,9-13H2,1-3H3/t14-,16-,17-,18-,20+,21-/m0/s1. The molecule has 6 atom stereocenters. The summed E-state index contributed by atoms with van der Waals surface area (Å²) in [7, 11) is 0. The molecule has 0 nitrogen and oxygen atoms in total. The molecule has 2 fully saturated rings. The molecular formula is C21H31Cl. The zero-order valence-electron chi connectivity index (χ0n) is 14.5. The lowest BCUT2D eigenvalue weighted by Crippen LogP contribution is -2.49. The Hall–Kier alpha value is -0.230. The molecule has 0 aromatic rings. The molecule has 0 aromatic carbocycles. The van der Waals surface area contributed by atoms with E-state index in [4.69, 9.17) is 11.6 Å². The van der Waals surface area contributed by atoms with Gasteiger partial charge in [0.2, 0.25) is 0 Å². The van der Waals surface area contributed by atoms with Crippen molar-refractivity contribution >= 4 is 11.6 Å². The Labute approximate surface area is 141 Å². The maximum absolute atomic E-state index is 6.81. The Balaban J connectivity index is 1.72. The summed E-state index contributed by atoms with van der Waals surface area (Å²) >= 11 is 6.81. The maximum Gasteiger partial charge on any atom is 0.0269 e. The minimum atomic E-state index is 0.175. The maximum atomic E-state index is 6.81. The summed E-state index contributed by atoms with van der Waals surface area (Å²) < 4.78 is 0. The molecule has 0 unspecified atom stereocenters. The van der Waals surface area contributed by atoms with Gasteiger partial charge in [-0.3, -0.25) is 0 Å². The topological polar surface area (TPSA) is 0 Å². The van der Waals surface area contributed by atoms with Gasteiger partial charge in [0, 0.05) is 10.4 Å². The van der Waals surface area contributed by atoms with Crippen LogP contribution in [0.5, 0.6) is 0 Å². The predicted octanol–water partition coefficient (Wildman–Crippen LogP) is 6.71. The largest absolute Gasteiger partial charge is 0.0885 e. The zero-order chi connectivity index (χ0) is 15.5. The van der Waals surface area contributed by atoms with Gasteiger partial charge in [0.25, 0.3) is 0 Å². The second kappa shape index (κ2) is 5.13. The third-order valence-corrected chi connectivity index (χ3v) is 8.95. The summed E-state index contributed by atoms with van der Waals surface area (Å²) in [5, 5.41) is 1.16. The molecule has 122 valence electrons. The molecule has 0 bridgehead atoms. The van der Waals surface area contributed by atoms with Crippen molar-refractivity contribution in [3.05, 3.63) is 22.8 Å². The number of halogens is 1. The van der Waals surface area contributed by atoms with Crippen LogP contribution in [0.15, 0.2) is 22.8 Å². The molecule has 0 N–H and O–H groups in total. The lowest BCUT2D eigenvalue weighted by molar-refractivity contribution is -0.0244. The number of hydrogen-bond donors (Lipinski definition) is 0. The highest BCUT2D eigenvalue weighted by Gasteiger charge is 2.58. The molecule has 2 saturated carbocycles. The number of allylic oxidation sites excluding steroid dienone is 4. The summed E-state index contributed by atoms with van der Waals surface area (Å²) in [4.78, 5) is 0. The van der Waals surface area contributed by atoms with Gasteiger partial charge in [-0.15, -0.1) is 0 Å². The Morgan fingerprint density at radius 3 is 2.73 bits per heavy atom. The lowest BCUT2D eigenvalue weighted by Gasteiger charge is -2.57. The highest BCUT2D eigenvalue weighted by atomic mass is 35.5. The summed E-state index contributed by atoms with van der Waals surface area (Å²) in [5.74, 6) is 3.58. The molecule has 0 heterocycles. The monoisotopic (exact) mass is 318 g/mol. The van der Waals surface area contributed by atoms with E-state index in [1.54, 1.807) is 5.57 Å². The predicted molar refractivity (Wildman–Crippen MR) is 94.8 cm³/mol. The SMILES string of the molecule is CC[C@H]1CC[C@H]2[C@@H]3CC=C4CCC=C(Cl)[C@]4(C)[C@H]3CC[C@]12C. The van der Waals surface area contributed by atoms with E-state index in [-0.39, 0.29) is 5.41 Å². The van der Waals surface area contributed by atoms with Gasteiger partial charge in [0.05, 0.1) is 0 Å². The van der Waals surface area contributed by atoms with Crippen LogP contribution < -0.4 is 0 Å². The first-order valence-corrected chi connectivity index (χ1v) is 9.95. The van der Waals surface area contributed by atoms with Crippen molar-refractivity contribution in [2.75, 3.05) is 0 Å². The highest BCUT2D eigenvalue weighted by Crippen LogP contribution is 2.67. The molecule has 0 aliphatic heterocycles. The van der Waals surface area contributed by atoms with Crippen LogP contribution in [0.2, 0.25) is 0 Å². The third kappa shape index (κ3) is 1.83. The van der Waals surface area contributed by atoms with E-state index >= 15 is 0 Å². The molecule has 4 rings (SSSR count). The molecule has 0 aromatic heterocycles. The Bertz CT molecular complexity index is 530. The van der Waals surface area contributed by atoms with E-state index in [9.17, 15) is 0 Å². The Morgan fingerprint density at radius 2 is 1.95 bits per heavy atom. The quantitative estimate of drug-likeness (QED) is 0.471. The molecule has 0 radical (unpaired) electrons. The van der Waals surface area contributed by atoms with Gasteiger partial charge >= 0.3 is 0 Å². The van der Waals surface area contributed by atoms with E-state index in [1.165, 1.54) is 44.9 Å². The molecule has 0 saturated heterocycles. The molecule has 0 spiro atoms. The lowest BCUT2D eigenvalue weighted by atomic mass is 9.48. The first kappa shape index (κ1) is 15.3. The smallest absolute Gasteiger partial charge is 0.0269 e. The van der Waals surface area contributed by atoms with Crippen molar-refractivity contribution in [3.8, 4) is 0 Å². The van der Waals surface area contributed by atoms with Crippen LogP contribution in [-0.4, -0.2) is 0 Å². The third-order valence-electron chi connectivity index (χ3n) is 8.40. The van der Waals surface area contributed by atoms with Crippen LogP contribution >= 0.6 is 11.6 Å². The average Bonchev–Trinajstić information content (AvgIpc) is 2.85. The zero-order valence-corrected chi connectivity index (χ0v) is 15.3. The summed E-state index contributed by atoms with van der Waals surface area (Å²) in [6.07, 6.45) is 15.8. The number of fused-ring (bicyclic) bond motifs is 5. The Kier molecular flexibility index (Phi) is 3.57. The molecule has 4 aliphatic carbocycles. The molecule has 0 amide bonds. The first-order chi connectivity index (χ1) is 10.5. The van der Waals surface area contributed by atoms with Crippen LogP contribution in [0.1, 0.15) is 72.1 Å². The summed E-state index contributed by atoms with van der Waals surface area (Å²) in [6, 6.07) is 0. The second-order valence-electron chi connectivity index (χ2n) is 8.86. The van der Waals surface area contributed by atoms with Gasteiger partial charge in [-0.2, -0.15) is 0 Å². The molecular weight excluding hydrogens is 288 g/mol. The van der Waals surface area contributed by atoms with E-state index in [0.717, 1.165) is 35.1 Å². The van der Waals surface area contributed by atoms with E-state index in [1.807, 2.05) is 0 Å². The fourth-order valence-corrected chi connectivity index (χ4v) is 7.47. The first-order valence-electron chi connectivity index (χ1n) is 9.57. The molecule has 22 heavy (non-hydrogen) atoms. The minimum absolute atomic E-state index is 0.175. The number of hydrogen-bond acceptors (Lipinski definition) is 0. The highest BCUT2D eigenvalue weighted by molar-refractivity contribution is 6.30. The van der Waals surface area contributed by atoms with Gasteiger partial charge in [-0.1, -0.05) is 56.5 Å². The normalized spacial score (nSPS) is 50.5. The summed E-state index contributed by atoms with van der Waals surface area (Å²) in [6.45, 7) is 7.49. The number of rotatable bonds is 1. The van der Waals surface area contributed by atoms with Crippen LogP contribution in [0.3, 0.4) is 0 Å². The van der Waals surface area contributed by atoms with Crippen molar-refractivity contribution in [1.82, 2.24) is 0 Å². The van der Waals surface area contributed by atoms with Crippen molar-refractivity contribution in [2.24, 2.45) is 34.5 Å². The van der Waals surface area contributed by atoms with Gasteiger partial charge in [-0.05, 0) is 74.0 Å². The molecule has 4 aliphatic rings. The van der Waals surface area contributed by atoms with Crippen LogP contribution in [0.25, 0.3) is 0 Å². The summed E-state index contributed by atoms with van der Waals surface area (Å²) in [5.41, 5.74) is 2.45.